The molecule has 0 saturated carbocycles. The van der Waals surface area contributed by atoms with Gasteiger partial charge in [0.2, 0.25) is 0 Å². The monoisotopic (exact) mass is 226 g/mol. The summed E-state index contributed by atoms with van der Waals surface area (Å²) in [6, 6.07) is 0. The molecule has 1 aromatic heterocycles. The summed E-state index contributed by atoms with van der Waals surface area (Å²) in [6.07, 6.45) is 2.39. The van der Waals surface area contributed by atoms with Crippen LogP contribution in [0.1, 0.15) is 23.4 Å². The molecule has 1 N–H and O–H groups in total. The van der Waals surface area contributed by atoms with Crippen molar-refractivity contribution in [3.63, 3.8) is 0 Å². The van der Waals surface area contributed by atoms with E-state index in [2.05, 4.69) is 16.8 Å². The van der Waals surface area contributed by atoms with Crippen LogP contribution in [-0.2, 0) is 6.54 Å². The van der Waals surface area contributed by atoms with Crippen molar-refractivity contribution >= 4 is 11.3 Å². The zero-order chi connectivity index (χ0) is 10.7. The summed E-state index contributed by atoms with van der Waals surface area (Å²) in [5.41, 5.74) is 3.07. The van der Waals surface area contributed by atoms with Crippen molar-refractivity contribution in [3.05, 3.63) is 16.1 Å². The predicted molar refractivity (Wildman–Crippen MR) is 61.9 cm³/mol. The predicted octanol–water partition coefficient (Wildman–Crippen LogP) is 1.66. The van der Waals surface area contributed by atoms with Gasteiger partial charge in [-0.15, -0.1) is 11.3 Å². The number of thiazole rings is 1. The lowest BCUT2D eigenvalue weighted by atomic mass is 9.99. The van der Waals surface area contributed by atoms with Gasteiger partial charge in [0, 0.05) is 24.6 Å². The van der Waals surface area contributed by atoms with Crippen LogP contribution in [0.3, 0.4) is 0 Å². The second-order valence-electron chi connectivity index (χ2n) is 4.29. The Kier molecular flexibility index (Phi) is 3.72. The molecule has 1 saturated heterocycles. The Morgan fingerprint density at radius 2 is 2.53 bits per heavy atom. The minimum Gasteiger partial charge on any atom is -0.396 e. The maximum absolute atomic E-state index is 9.15. The summed E-state index contributed by atoms with van der Waals surface area (Å²) in [4.78, 5) is 8.07. The maximum atomic E-state index is 9.15. The van der Waals surface area contributed by atoms with Crippen LogP contribution in [0.25, 0.3) is 0 Å². The van der Waals surface area contributed by atoms with Crippen molar-refractivity contribution in [2.75, 3.05) is 19.7 Å². The van der Waals surface area contributed by atoms with E-state index in [1.165, 1.54) is 17.7 Å². The van der Waals surface area contributed by atoms with Gasteiger partial charge in [-0.1, -0.05) is 0 Å². The molecule has 1 aliphatic heterocycles. The van der Waals surface area contributed by atoms with Crippen LogP contribution in [0, 0.1) is 12.8 Å². The number of likely N-dealkylation sites (tertiary alicyclic amines) is 1. The highest BCUT2D eigenvalue weighted by Gasteiger charge is 2.19. The van der Waals surface area contributed by atoms with Crippen molar-refractivity contribution in [3.8, 4) is 0 Å². The number of piperidine rings is 1. The standard InChI is InChI=1S/C11H18N2OS/c1-9-11(15-8-12-9)6-13-4-2-3-10(5-13)7-14/h8,10,14H,2-7H2,1H3. The summed E-state index contributed by atoms with van der Waals surface area (Å²) in [5, 5.41) is 9.15. The van der Waals surface area contributed by atoms with E-state index in [1.807, 2.05) is 5.51 Å². The number of aliphatic hydroxyl groups excluding tert-OH is 1. The van der Waals surface area contributed by atoms with Gasteiger partial charge in [0.1, 0.15) is 0 Å². The van der Waals surface area contributed by atoms with Gasteiger partial charge in [0.15, 0.2) is 0 Å². The molecule has 0 aromatic carbocycles. The highest BCUT2D eigenvalue weighted by atomic mass is 32.1. The van der Waals surface area contributed by atoms with Crippen LogP contribution in [0.5, 0.6) is 0 Å². The Bertz CT molecular complexity index is 313. The molecule has 0 spiro atoms. The largest absolute Gasteiger partial charge is 0.396 e. The van der Waals surface area contributed by atoms with Gasteiger partial charge in [-0.05, 0) is 32.2 Å². The van der Waals surface area contributed by atoms with Gasteiger partial charge in [0.05, 0.1) is 11.2 Å². The maximum Gasteiger partial charge on any atom is 0.0798 e. The lowest BCUT2D eigenvalue weighted by Crippen LogP contribution is -2.36. The summed E-state index contributed by atoms with van der Waals surface area (Å²) < 4.78 is 0. The van der Waals surface area contributed by atoms with Crippen LogP contribution in [0.15, 0.2) is 5.51 Å². The summed E-state index contributed by atoms with van der Waals surface area (Å²) in [7, 11) is 0. The van der Waals surface area contributed by atoms with Crippen LogP contribution < -0.4 is 0 Å². The van der Waals surface area contributed by atoms with E-state index in [4.69, 9.17) is 5.11 Å². The normalized spacial score (nSPS) is 23.2. The summed E-state index contributed by atoms with van der Waals surface area (Å²) in [5.74, 6) is 0.479. The molecule has 1 fully saturated rings. The Balaban J connectivity index is 1.92. The summed E-state index contributed by atoms with van der Waals surface area (Å²) in [6.45, 7) is 5.60. The van der Waals surface area contributed by atoms with Gasteiger partial charge in [0.25, 0.3) is 0 Å². The number of aromatic nitrogens is 1. The molecule has 0 aliphatic carbocycles. The molecule has 1 atom stereocenters. The zero-order valence-corrected chi connectivity index (χ0v) is 9.96. The van der Waals surface area contributed by atoms with E-state index < -0.39 is 0 Å². The van der Waals surface area contributed by atoms with Crippen molar-refractivity contribution in [2.24, 2.45) is 5.92 Å². The highest BCUT2D eigenvalue weighted by Crippen LogP contribution is 2.20. The number of aliphatic hydroxyl groups is 1. The summed E-state index contributed by atoms with van der Waals surface area (Å²) >= 11 is 1.74. The molecule has 0 radical (unpaired) electrons. The third kappa shape index (κ3) is 2.77. The molecule has 84 valence electrons. The first kappa shape index (κ1) is 11.0. The smallest absolute Gasteiger partial charge is 0.0798 e. The number of aryl methyl sites for hydroxylation is 1. The molecule has 15 heavy (non-hydrogen) atoms. The lowest BCUT2D eigenvalue weighted by Gasteiger charge is -2.31. The Hall–Kier alpha value is -0.450. The molecule has 2 heterocycles. The van der Waals surface area contributed by atoms with Gasteiger partial charge in [-0.2, -0.15) is 0 Å². The minimum absolute atomic E-state index is 0.332. The highest BCUT2D eigenvalue weighted by molar-refractivity contribution is 7.09. The van der Waals surface area contributed by atoms with Crippen LogP contribution in [0.4, 0.5) is 0 Å². The minimum atomic E-state index is 0.332. The molecule has 1 unspecified atom stereocenters. The van der Waals surface area contributed by atoms with Gasteiger partial charge >= 0.3 is 0 Å². The molecule has 4 heteroatoms. The van der Waals surface area contributed by atoms with Gasteiger partial charge in [-0.25, -0.2) is 4.98 Å². The van der Waals surface area contributed by atoms with Crippen LogP contribution in [-0.4, -0.2) is 34.7 Å². The first-order valence-corrected chi connectivity index (χ1v) is 6.39. The topological polar surface area (TPSA) is 36.4 Å². The third-order valence-corrected chi connectivity index (χ3v) is 3.99. The van der Waals surface area contributed by atoms with Crippen molar-refractivity contribution in [1.82, 2.24) is 9.88 Å². The number of rotatable bonds is 3. The van der Waals surface area contributed by atoms with Gasteiger partial charge < -0.3 is 5.11 Å². The van der Waals surface area contributed by atoms with E-state index >= 15 is 0 Å². The van der Waals surface area contributed by atoms with Crippen LogP contribution >= 0.6 is 11.3 Å². The molecule has 1 aliphatic rings. The fraction of sp³-hybridized carbons (Fsp3) is 0.727. The fourth-order valence-corrected chi connectivity index (χ4v) is 2.94. The Labute approximate surface area is 94.8 Å². The van der Waals surface area contributed by atoms with E-state index in [0.717, 1.165) is 25.3 Å². The molecule has 1 aromatic rings. The van der Waals surface area contributed by atoms with E-state index in [9.17, 15) is 0 Å². The number of hydrogen-bond donors (Lipinski definition) is 1. The molecular weight excluding hydrogens is 208 g/mol. The first-order valence-electron chi connectivity index (χ1n) is 5.51. The fourth-order valence-electron chi connectivity index (χ4n) is 2.12. The average molecular weight is 226 g/mol. The first-order chi connectivity index (χ1) is 7.29. The molecular formula is C11H18N2OS. The second kappa shape index (κ2) is 5.05. The molecule has 3 nitrogen and oxygen atoms in total. The molecule has 2 rings (SSSR count). The molecule has 0 bridgehead atoms. The average Bonchev–Trinajstić information content (AvgIpc) is 2.65. The molecule has 0 amide bonds. The third-order valence-electron chi connectivity index (χ3n) is 3.07. The number of nitrogens with zero attached hydrogens (tertiary/aromatic N) is 2. The van der Waals surface area contributed by atoms with Crippen molar-refractivity contribution in [2.45, 2.75) is 26.3 Å². The second-order valence-corrected chi connectivity index (χ2v) is 5.23. The van der Waals surface area contributed by atoms with Gasteiger partial charge in [-0.3, -0.25) is 4.90 Å². The number of hydrogen-bond acceptors (Lipinski definition) is 4. The van der Waals surface area contributed by atoms with Crippen molar-refractivity contribution < 1.29 is 5.11 Å². The van der Waals surface area contributed by atoms with Crippen molar-refractivity contribution in [1.29, 1.82) is 0 Å². The Morgan fingerprint density at radius 3 is 3.20 bits per heavy atom. The van der Waals surface area contributed by atoms with Crippen LogP contribution in [0.2, 0.25) is 0 Å². The Morgan fingerprint density at radius 1 is 1.67 bits per heavy atom. The van der Waals surface area contributed by atoms with E-state index in [-0.39, 0.29) is 0 Å². The van der Waals surface area contributed by atoms with E-state index in [1.54, 1.807) is 11.3 Å². The quantitative estimate of drug-likeness (QED) is 0.851. The lowest BCUT2D eigenvalue weighted by molar-refractivity contribution is 0.116. The SMILES string of the molecule is Cc1ncsc1CN1CCCC(CO)C1. The zero-order valence-electron chi connectivity index (χ0n) is 9.15. The van der Waals surface area contributed by atoms with E-state index in [0.29, 0.717) is 12.5 Å².